The molecule has 1 aromatic heterocycles. The van der Waals surface area contributed by atoms with Crippen molar-refractivity contribution < 1.29 is 19.8 Å². The van der Waals surface area contributed by atoms with Gasteiger partial charge in [0, 0.05) is 16.9 Å². The fraction of sp³-hybridized carbons (Fsp3) is 0.462. The van der Waals surface area contributed by atoms with E-state index in [1.54, 1.807) is 35.5 Å². The Labute approximate surface area is 149 Å². The first-order chi connectivity index (χ1) is 11.0. The quantitative estimate of drug-likeness (QED) is 0.416. The minimum atomic E-state index is -1.09. The molecule has 3 heterocycles. The highest BCUT2D eigenvalue weighted by Crippen LogP contribution is 2.53. The summed E-state index contributed by atoms with van der Waals surface area (Å²) < 4.78 is 0.651. The lowest BCUT2D eigenvalue weighted by atomic mass is 9.92. The number of carbonyl (C=O) groups is 2. The molecule has 2 aliphatic heterocycles. The van der Waals surface area contributed by atoms with E-state index < -0.39 is 18.0 Å². The third-order valence-corrected chi connectivity index (χ3v) is 8.03. The number of aliphatic carboxylic acids is 1. The molecule has 0 aromatic carbocycles. The molecule has 0 aliphatic carbocycles. The molecule has 1 unspecified atom stereocenters. The van der Waals surface area contributed by atoms with Crippen molar-refractivity contribution in [2.75, 3.05) is 11.5 Å². The molecule has 6 nitrogen and oxygen atoms in total. The van der Waals surface area contributed by atoms with Crippen molar-refractivity contribution in [3.05, 3.63) is 20.8 Å². The smallest absolute Gasteiger partial charge is 0.354 e. The molecule has 1 aromatic rings. The van der Waals surface area contributed by atoms with E-state index >= 15 is 0 Å². The summed E-state index contributed by atoms with van der Waals surface area (Å²) in [5.74, 6) is -0.370. The Morgan fingerprint density at radius 1 is 1.48 bits per heavy atom. The van der Waals surface area contributed by atoms with E-state index in [0.29, 0.717) is 4.24 Å². The van der Waals surface area contributed by atoms with Gasteiger partial charge in [0.25, 0.3) is 0 Å². The third-order valence-electron chi connectivity index (χ3n) is 3.44. The van der Waals surface area contributed by atoms with Crippen molar-refractivity contribution in [1.82, 2.24) is 9.88 Å². The molecule has 1 fully saturated rings. The van der Waals surface area contributed by atoms with E-state index in [1.165, 1.54) is 28.4 Å². The average Bonchev–Trinajstić information content (AvgIpc) is 3.09. The molecule has 124 valence electrons. The number of carboxylic acid groups (broad SMARTS) is 1. The zero-order chi connectivity index (χ0) is 16.6. The summed E-state index contributed by atoms with van der Waals surface area (Å²) in [6.07, 6.45) is -0.768. The Balaban J connectivity index is 1.61. The lowest BCUT2D eigenvalue weighted by Crippen LogP contribution is -2.60. The van der Waals surface area contributed by atoms with Gasteiger partial charge in [-0.3, -0.25) is 9.69 Å². The van der Waals surface area contributed by atoms with Crippen LogP contribution < -0.4 is 0 Å². The third kappa shape index (κ3) is 3.27. The Morgan fingerprint density at radius 3 is 2.83 bits per heavy atom. The molecular weight excluding hydrogens is 376 g/mol. The van der Waals surface area contributed by atoms with Crippen molar-refractivity contribution >= 4 is 58.5 Å². The zero-order valence-electron chi connectivity index (χ0n) is 12.0. The van der Waals surface area contributed by atoms with Gasteiger partial charge in [-0.05, 0) is 6.92 Å². The van der Waals surface area contributed by atoms with Gasteiger partial charge in [0.05, 0.1) is 21.8 Å². The highest BCUT2D eigenvalue weighted by atomic mass is 32.2. The number of aliphatic hydroxyl groups excluding tert-OH is 1. The second-order valence-corrected chi connectivity index (χ2v) is 9.27. The fourth-order valence-electron chi connectivity index (χ4n) is 2.40. The number of nitrogens with zero attached hydrogens (tertiary/aromatic N) is 2. The number of fused-ring (bicyclic) bond motifs is 1. The maximum Gasteiger partial charge on any atom is 0.354 e. The molecule has 0 spiro atoms. The Morgan fingerprint density at radius 2 is 2.22 bits per heavy atom. The van der Waals surface area contributed by atoms with Crippen molar-refractivity contribution in [1.29, 1.82) is 0 Å². The molecule has 3 atom stereocenters. The largest absolute Gasteiger partial charge is 0.477 e. The number of β-lactam (4-membered cyclic amide) rings is 1. The summed E-state index contributed by atoms with van der Waals surface area (Å²) in [5.41, 5.74) is 1.84. The Hall–Kier alpha value is -0.680. The molecule has 0 bridgehead atoms. The molecule has 2 N–H and O–H groups in total. The van der Waals surface area contributed by atoms with Crippen molar-refractivity contribution in [3.63, 3.8) is 0 Å². The van der Waals surface area contributed by atoms with Gasteiger partial charge in [0.15, 0.2) is 5.70 Å². The van der Waals surface area contributed by atoms with Crippen LogP contribution in [0, 0.1) is 5.92 Å². The number of thioether (sulfide) groups is 3. The van der Waals surface area contributed by atoms with Crippen LogP contribution >= 0.6 is 46.6 Å². The lowest BCUT2D eigenvalue weighted by Gasteiger charge is -2.43. The normalized spacial score (nSPS) is 24.6. The van der Waals surface area contributed by atoms with E-state index in [9.17, 15) is 19.8 Å². The number of amides is 1. The first-order valence-electron chi connectivity index (χ1n) is 6.80. The second kappa shape index (κ2) is 7.06. The number of aliphatic hydroxyl groups is 1. The van der Waals surface area contributed by atoms with Gasteiger partial charge in [-0.25, -0.2) is 9.78 Å². The fourth-order valence-corrected chi connectivity index (χ4v) is 6.97. The number of carbonyl (C=O) groups excluding carboxylic acids is 1. The lowest BCUT2D eigenvalue weighted by molar-refractivity contribution is -0.156. The van der Waals surface area contributed by atoms with Gasteiger partial charge in [0.2, 0.25) is 5.91 Å². The van der Waals surface area contributed by atoms with E-state index in [-0.39, 0.29) is 17.0 Å². The second-order valence-electron chi connectivity index (χ2n) is 4.95. The molecule has 3 rings (SSSR count). The van der Waals surface area contributed by atoms with Gasteiger partial charge in [-0.1, -0.05) is 11.8 Å². The molecule has 2 aliphatic rings. The number of rotatable bonds is 7. The molecule has 10 heteroatoms. The SMILES string of the molecule is CC(O)[C@H]1C(=O)N2C(C(=O)O)=C(SCCSc3cscn3)S[C@H]12. The van der Waals surface area contributed by atoms with Gasteiger partial charge < -0.3 is 10.2 Å². The average molecular weight is 391 g/mol. The summed E-state index contributed by atoms with van der Waals surface area (Å²) in [5, 5.41) is 21.7. The summed E-state index contributed by atoms with van der Waals surface area (Å²) >= 11 is 5.98. The van der Waals surface area contributed by atoms with E-state index in [1.807, 2.05) is 5.38 Å². The highest BCUT2D eigenvalue weighted by Gasteiger charge is 2.57. The molecule has 23 heavy (non-hydrogen) atoms. The minimum Gasteiger partial charge on any atom is -0.477 e. The molecule has 0 saturated carbocycles. The van der Waals surface area contributed by atoms with Crippen LogP contribution in [0.4, 0.5) is 0 Å². The van der Waals surface area contributed by atoms with Crippen LogP contribution in [0.15, 0.2) is 25.9 Å². The number of aromatic nitrogens is 1. The maximum absolute atomic E-state index is 12.1. The van der Waals surface area contributed by atoms with Gasteiger partial charge in [-0.2, -0.15) is 0 Å². The summed E-state index contributed by atoms with van der Waals surface area (Å²) in [6, 6.07) is 0. The first-order valence-corrected chi connectivity index (χ1v) is 10.6. The van der Waals surface area contributed by atoms with E-state index in [2.05, 4.69) is 4.98 Å². The molecular formula is C13H14N2O4S4. The van der Waals surface area contributed by atoms with E-state index in [4.69, 9.17) is 0 Å². The van der Waals surface area contributed by atoms with Crippen molar-refractivity contribution in [2.45, 2.75) is 23.4 Å². The summed E-state index contributed by atoms with van der Waals surface area (Å²) in [6.45, 7) is 1.57. The Kier molecular flexibility index (Phi) is 5.26. The zero-order valence-corrected chi connectivity index (χ0v) is 15.3. The van der Waals surface area contributed by atoms with Crippen LogP contribution in [0.1, 0.15) is 6.92 Å². The van der Waals surface area contributed by atoms with E-state index in [0.717, 1.165) is 16.5 Å². The molecule has 1 saturated heterocycles. The number of thiazole rings is 1. The number of hydrogen-bond donors (Lipinski definition) is 2. The van der Waals surface area contributed by atoms with Crippen LogP contribution in [0.5, 0.6) is 0 Å². The van der Waals surface area contributed by atoms with Crippen molar-refractivity contribution in [3.8, 4) is 0 Å². The van der Waals surface area contributed by atoms with Crippen LogP contribution in [-0.2, 0) is 9.59 Å². The topological polar surface area (TPSA) is 90.7 Å². The van der Waals surface area contributed by atoms with Gasteiger partial charge in [-0.15, -0.1) is 34.9 Å². The van der Waals surface area contributed by atoms with Gasteiger partial charge in [0.1, 0.15) is 10.4 Å². The summed E-state index contributed by atoms with van der Waals surface area (Å²) in [7, 11) is 0. The van der Waals surface area contributed by atoms with Gasteiger partial charge >= 0.3 is 5.97 Å². The predicted molar refractivity (Wildman–Crippen MR) is 93.4 cm³/mol. The van der Waals surface area contributed by atoms with Crippen LogP contribution in [0.2, 0.25) is 0 Å². The minimum absolute atomic E-state index is 0.0607. The van der Waals surface area contributed by atoms with Crippen LogP contribution in [-0.4, -0.2) is 55.0 Å². The Bertz CT molecular complexity index is 646. The predicted octanol–water partition coefficient (Wildman–Crippen LogP) is 2.13. The first kappa shape index (κ1) is 17.2. The van der Waals surface area contributed by atoms with Crippen LogP contribution in [0.3, 0.4) is 0 Å². The van der Waals surface area contributed by atoms with Crippen LogP contribution in [0.25, 0.3) is 0 Å². The molecule has 1 amide bonds. The highest BCUT2D eigenvalue weighted by molar-refractivity contribution is 8.23. The monoisotopic (exact) mass is 390 g/mol. The number of carboxylic acids is 1. The molecule has 0 radical (unpaired) electrons. The maximum atomic E-state index is 12.1. The summed E-state index contributed by atoms with van der Waals surface area (Å²) in [4.78, 5) is 29.0. The standard InChI is InChI=1S/C13H14N2O4S4/c1-6(16)8-10(17)15-9(12(18)19)13(23-11(8)15)22-3-2-21-7-4-20-5-14-7/h4-6,8,11,16H,2-3H2,1H3,(H,18,19)/t6?,8-,11+/m0/s1. The number of hydrogen-bond acceptors (Lipinski definition) is 8. The van der Waals surface area contributed by atoms with Crippen molar-refractivity contribution in [2.24, 2.45) is 5.92 Å².